The zero-order chi connectivity index (χ0) is 20.2. The van der Waals surface area contributed by atoms with Crippen LogP contribution in [0.4, 0.5) is 4.39 Å². The number of fused-ring (bicyclic) bond motifs is 1. The molecule has 1 aliphatic heterocycles. The number of aryl methyl sites for hydroxylation is 1. The highest BCUT2D eigenvalue weighted by Gasteiger charge is 2.15. The first-order chi connectivity index (χ1) is 14.1. The number of nitrogens with one attached hydrogen (secondary N) is 1. The van der Waals surface area contributed by atoms with Gasteiger partial charge in [-0.25, -0.2) is 4.39 Å². The van der Waals surface area contributed by atoms with E-state index in [1.165, 1.54) is 13.2 Å². The van der Waals surface area contributed by atoms with Crippen molar-refractivity contribution in [3.8, 4) is 28.5 Å². The van der Waals surface area contributed by atoms with Crippen LogP contribution in [0, 0.1) is 5.82 Å². The molecule has 0 aliphatic carbocycles. The maximum absolute atomic E-state index is 13.9. The SMILES string of the molecule is COc1ccc(CNCc2cn(C)nc2-c2ccc3c(c2)OCCCO3)cc1F. The highest BCUT2D eigenvalue weighted by Crippen LogP contribution is 2.34. The molecule has 0 saturated carbocycles. The third kappa shape index (κ3) is 4.35. The molecule has 7 heteroatoms. The van der Waals surface area contributed by atoms with E-state index in [2.05, 4.69) is 10.4 Å². The van der Waals surface area contributed by atoms with Gasteiger partial charge in [-0.05, 0) is 35.9 Å². The normalized spacial score (nSPS) is 13.2. The molecule has 2 heterocycles. The first-order valence-corrected chi connectivity index (χ1v) is 9.59. The topological polar surface area (TPSA) is 57.5 Å². The minimum absolute atomic E-state index is 0.248. The van der Waals surface area contributed by atoms with Gasteiger partial charge in [0, 0.05) is 43.9 Å². The molecule has 1 aromatic heterocycles. The number of benzene rings is 2. The minimum Gasteiger partial charge on any atom is -0.494 e. The molecule has 0 spiro atoms. The van der Waals surface area contributed by atoms with Crippen LogP contribution in [-0.2, 0) is 20.1 Å². The average molecular weight is 397 g/mol. The van der Waals surface area contributed by atoms with Crippen molar-refractivity contribution >= 4 is 0 Å². The summed E-state index contributed by atoms with van der Waals surface area (Å²) in [6, 6.07) is 10.9. The van der Waals surface area contributed by atoms with Crippen LogP contribution < -0.4 is 19.5 Å². The van der Waals surface area contributed by atoms with E-state index < -0.39 is 0 Å². The molecular formula is C22H24FN3O3. The third-order valence-corrected chi connectivity index (χ3v) is 4.79. The fourth-order valence-electron chi connectivity index (χ4n) is 3.38. The van der Waals surface area contributed by atoms with Crippen LogP contribution in [0.15, 0.2) is 42.6 Å². The number of nitrogens with zero attached hydrogens (tertiary/aromatic N) is 2. The van der Waals surface area contributed by atoms with Gasteiger partial charge in [-0.2, -0.15) is 5.10 Å². The van der Waals surface area contributed by atoms with Crippen LogP contribution in [0.25, 0.3) is 11.3 Å². The Morgan fingerprint density at radius 3 is 2.72 bits per heavy atom. The molecule has 0 saturated heterocycles. The van der Waals surface area contributed by atoms with E-state index in [9.17, 15) is 4.39 Å². The third-order valence-electron chi connectivity index (χ3n) is 4.79. The molecule has 0 fully saturated rings. The molecule has 0 bridgehead atoms. The number of methoxy groups -OCH3 is 1. The molecule has 0 amide bonds. The van der Waals surface area contributed by atoms with Crippen molar-refractivity contribution in [2.24, 2.45) is 7.05 Å². The van der Waals surface area contributed by atoms with Crippen molar-refractivity contribution in [3.63, 3.8) is 0 Å². The largest absolute Gasteiger partial charge is 0.494 e. The maximum atomic E-state index is 13.9. The molecule has 0 unspecified atom stereocenters. The fourth-order valence-corrected chi connectivity index (χ4v) is 3.38. The second kappa shape index (κ2) is 8.53. The van der Waals surface area contributed by atoms with Gasteiger partial charge in [0.15, 0.2) is 23.1 Å². The molecule has 1 aliphatic rings. The predicted octanol–water partition coefficient (Wildman–Crippen LogP) is 3.69. The van der Waals surface area contributed by atoms with Crippen LogP contribution in [0.1, 0.15) is 17.5 Å². The van der Waals surface area contributed by atoms with Crippen LogP contribution >= 0.6 is 0 Å². The summed E-state index contributed by atoms with van der Waals surface area (Å²) in [5.41, 5.74) is 3.76. The number of ether oxygens (including phenoxy) is 3. The average Bonchev–Trinajstić information content (AvgIpc) is 2.93. The van der Waals surface area contributed by atoms with Gasteiger partial charge in [-0.1, -0.05) is 6.07 Å². The van der Waals surface area contributed by atoms with Gasteiger partial charge in [0.2, 0.25) is 0 Å². The number of aromatic nitrogens is 2. The number of hydrogen-bond acceptors (Lipinski definition) is 5. The molecule has 0 atom stereocenters. The van der Waals surface area contributed by atoms with Gasteiger partial charge >= 0.3 is 0 Å². The van der Waals surface area contributed by atoms with Gasteiger partial charge in [0.05, 0.1) is 26.0 Å². The Bertz CT molecular complexity index is 1000. The Morgan fingerprint density at radius 1 is 1.10 bits per heavy atom. The summed E-state index contributed by atoms with van der Waals surface area (Å²) in [6.45, 7) is 2.45. The Hall–Kier alpha value is -3.06. The molecule has 4 rings (SSSR count). The summed E-state index contributed by atoms with van der Waals surface area (Å²) < 4.78 is 32.1. The highest BCUT2D eigenvalue weighted by atomic mass is 19.1. The van der Waals surface area contributed by atoms with Gasteiger partial charge < -0.3 is 19.5 Å². The molecule has 152 valence electrons. The summed E-state index contributed by atoms with van der Waals surface area (Å²) in [4.78, 5) is 0. The summed E-state index contributed by atoms with van der Waals surface area (Å²) in [5.74, 6) is 1.40. The first kappa shape index (κ1) is 19.3. The second-order valence-corrected chi connectivity index (χ2v) is 6.96. The first-order valence-electron chi connectivity index (χ1n) is 9.59. The van der Waals surface area contributed by atoms with E-state index in [0.29, 0.717) is 26.3 Å². The van der Waals surface area contributed by atoms with Gasteiger partial charge in [0.1, 0.15) is 0 Å². The van der Waals surface area contributed by atoms with Crippen LogP contribution in [0.3, 0.4) is 0 Å². The van der Waals surface area contributed by atoms with Crippen molar-refractivity contribution in [1.29, 1.82) is 0 Å². The fraction of sp³-hybridized carbons (Fsp3) is 0.318. The maximum Gasteiger partial charge on any atom is 0.165 e. The summed E-state index contributed by atoms with van der Waals surface area (Å²) in [6.07, 6.45) is 2.86. The predicted molar refractivity (Wildman–Crippen MR) is 108 cm³/mol. The Morgan fingerprint density at radius 2 is 1.93 bits per heavy atom. The lowest BCUT2D eigenvalue weighted by Gasteiger charge is -2.10. The zero-order valence-electron chi connectivity index (χ0n) is 16.6. The summed E-state index contributed by atoms with van der Waals surface area (Å²) >= 11 is 0. The van der Waals surface area contributed by atoms with E-state index in [0.717, 1.165) is 40.3 Å². The Kier molecular flexibility index (Phi) is 5.67. The Balaban J connectivity index is 1.49. The highest BCUT2D eigenvalue weighted by molar-refractivity contribution is 5.66. The lowest BCUT2D eigenvalue weighted by molar-refractivity contribution is 0.297. The number of rotatable bonds is 6. The van der Waals surface area contributed by atoms with Crippen molar-refractivity contribution in [2.75, 3.05) is 20.3 Å². The van der Waals surface area contributed by atoms with Crippen molar-refractivity contribution in [3.05, 3.63) is 59.5 Å². The molecule has 1 N–H and O–H groups in total. The molecule has 6 nitrogen and oxygen atoms in total. The lowest BCUT2D eigenvalue weighted by atomic mass is 10.1. The van der Waals surface area contributed by atoms with Crippen LogP contribution in [0.5, 0.6) is 17.2 Å². The van der Waals surface area contributed by atoms with Crippen molar-refractivity contribution in [2.45, 2.75) is 19.5 Å². The molecule has 2 aromatic carbocycles. The van der Waals surface area contributed by atoms with Crippen LogP contribution in [0.2, 0.25) is 0 Å². The molecule has 29 heavy (non-hydrogen) atoms. The van der Waals surface area contributed by atoms with Crippen molar-refractivity contribution in [1.82, 2.24) is 15.1 Å². The van der Waals surface area contributed by atoms with Gasteiger partial charge in [0.25, 0.3) is 0 Å². The number of halogens is 1. The lowest BCUT2D eigenvalue weighted by Crippen LogP contribution is -2.13. The van der Waals surface area contributed by atoms with Gasteiger partial charge in [-0.3, -0.25) is 4.68 Å². The van der Waals surface area contributed by atoms with E-state index in [1.807, 2.05) is 37.5 Å². The van der Waals surface area contributed by atoms with E-state index in [-0.39, 0.29) is 11.6 Å². The quantitative estimate of drug-likeness (QED) is 0.688. The van der Waals surface area contributed by atoms with Crippen LogP contribution in [-0.4, -0.2) is 30.1 Å². The zero-order valence-corrected chi connectivity index (χ0v) is 16.6. The summed E-state index contributed by atoms with van der Waals surface area (Å²) in [7, 11) is 3.36. The molecular weight excluding hydrogens is 373 g/mol. The Labute approximate surface area is 169 Å². The van der Waals surface area contributed by atoms with E-state index in [1.54, 1.807) is 10.7 Å². The second-order valence-electron chi connectivity index (χ2n) is 6.96. The van der Waals surface area contributed by atoms with E-state index >= 15 is 0 Å². The van der Waals surface area contributed by atoms with Crippen molar-refractivity contribution < 1.29 is 18.6 Å². The van der Waals surface area contributed by atoms with Gasteiger partial charge in [-0.15, -0.1) is 0 Å². The van der Waals surface area contributed by atoms with E-state index in [4.69, 9.17) is 14.2 Å². The molecule has 3 aromatic rings. The monoisotopic (exact) mass is 397 g/mol. The minimum atomic E-state index is -0.360. The number of hydrogen-bond donors (Lipinski definition) is 1. The smallest absolute Gasteiger partial charge is 0.165 e. The standard InChI is InChI=1S/C22H24FN3O3/c1-26-14-17(13-24-12-15-4-6-19(27-2)18(23)10-15)22(25-26)16-5-7-20-21(11-16)29-9-3-8-28-20/h4-7,10-11,14,24H,3,8-9,12-13H2,1-2H3. The summed E-state index contributed by atoms with van der Waals surface area (Å²) in [5, 5.41) is 7.98. The molecule has 0 radical (unpaired) electrons.